The summed E-state index contributed by atoms with van der Waals surface area (Å²) < 4.78 is 14.1. The summed E-state index contributed by atoms with van der Waals surface area (Å²) in [4.78, 5) is 12.7. The fourth-order valence-electron chi connectivity index (χ4n) is 2.56. The summed E-state index contributed by atoms with van der Waals surface area (Å²) in [6.45, 7) is 2.84. The van der Waals surface area contributed by atoms with Gasteiger partial charge < -0.3 is 10.6 Å². The lowest BCUT2D eigenvalue weighted by atomic mass is 10.1. The minimum Gasteiger partial charge on any atom is -0.351 e. The highest BCUT2D eigenvalue weighted by atomic mass is 35.5. The van der Waals surface area contributed by atoms with E-state index in [9.17, 15) is 9.18 Å². The predicted molar refractivity (Wildman–Crippen MR) is 87.0 cm³/mol. The van der Waals surface area contributed by atoms with Crippen LogP contribution in [0.1, 0.15) is 22.5 Å². The Hall–Kier alpha value is -1.17. The van der Waals surface area contributed by atoms with Gasteiger partial charge in [0.05, 0.1) is 4.88 Å². The second-order valence-corrected chi connectivity index (χ2v) is 6.28. The third kappa shape index (κ3) is 3.93. The molecule has 1 aromatic carbocycles. The molecule has 0 spiro atoms. The minimum atomic E-state index is -0.268. The largest absolute Gasteiger partial charge is 0.351 e. The molecular formula is C15H18ClFN2OS. The van der Waals surface area contributed by atoms with Crippen molar-refractivity contribution in [2.75, 3.05) is 19.6 Å². The van der Waals surface area contributed by atoms with Crippen LogP contribution < -0.4 is 10.6 Å². The molecule has 2 aromatic rings. The maximum atomic E-state index is 13.1. The van der Waals surface area contributed by atoms with Crippen LogP contribution in [-0.4, -0.2) is 25.5 Å². The molecule has 21 heavy (non-hydrogen) atoms. The van der Waals surface area contributed by atoms with Crippen molar-refractivity contribution in [3.8, 4) is 0 Å². The van der Waals surface area contributed by atoms with Gasteiger partial charge in [-0.15, -0.1) is 23.7 Å². The first-order valence-electron chi connectivity index (χ1n) is 6.90. The van der Waals surface area contributed by atoms with E-state index in [1.807, 2.05) is 0 Å². The average Bonchev–Trinajstić information content (AvgIpc) is 3.06. The SMILES string of the molecule is Cl.O=C(NCCC1CCNC1)c1cc2cc(F)ccc2s1. The Morgan fingerprint density at radius 3 is 3.05 bits per heavy atom. The number of hydrogen-bond donors (Lipinski definition) is 2. The van der Waals surface area contributed by atoms with Gasteiger partial charge in [-0.1, -0.05) is 0 Å². The van der Waals surface area contributed by atoms with Gasteiger partial charge in [0, 0.05) is 11.2 Å². The van der Waals surface area contributed by atoms with Crippen molar-refractivity contribution in [2.24, 2.45) is 5.92 Å². The van der Waals surface area contributed by atoms with Crippen molar-refractivity contribution in [3.63, 3.8) is 0 Å². The Morgan fingerprint density at radius 2 is 2.29 bits per heavy atom. The van der Waals surface area contributed by atoms with E-state index in [0.717, 1.165) is 29.6 Å². The molecule has 0 aliphatic carbocycles. The smallest absolute Gasteiger partial charge is 0.261 e. The number of nitrogens with one attached hydrogen (secondary N) is 2. The zero-order chi connectivity index (χ0) is 13.9. The summed E-state index contributed by atoms with van der Waals surface area (Å²) in [5, 5.41) is 7.06. The van der Waals surface area contributed by atoms with Gasteiger partial charge in [-0.3, -0.25) is 4.79 Å². The third-order valence-electron chi connectivity index (χ3n) is 3.70. The molecule has 1 aliphatic heterocycles. The number of halogens is 2. The van der Waals surface area contributed by atoms with Crippen molar-refractivity contribution < 1.29 is 9.18 Å². The fraction of sp³-hybridized carbons (Fsp3) is 0.400. The van der Waals surface area contributed by atoms with Crippen LogP contribution in [0.15, 0.2) is 24.3 Å². The van der Waals surface area contributed by atoms with E-state index in [2.05, 4.69) is 10.6 Å². The van der Waals surface area contributed by atoms with Crippen LogP contribution in [-0.2, 0) is 0 Å². The first kappa shape index (κ1) is 16.2. The monoisotopic (exact) mass is 328 g/mol. The predicted octanol–water partition coefficient (Wildman–Crippen LogP) is 3.19. The number of carbonyl (C=O) groups excluding carboxylic acids is 1. The zero-order valence-corrected chi connectivity index (χ0v) is 13.2. The van der Waals surface area contributed by atoms with Gasteiger partial charge in [0.1, 0.15) is 5.82 Å². The molecule has 2 N–H and O–H groups in total. The summed E-state index contributed by atoms with van der Waals surface area (Å²) in [5.41, 5.74) is 0. The number of amides is 1. The molecule has 1 amide bonds. The number of rotatable bonds is 4. The van der Waals surface area contributed by atoms with Crippen molar-refractivity contribution in [3.05, 3.63) is 35.0 Å². The first-order chi connectivity index (χ1) is 9.72. The van der Waals surface area contributed by atoms with Gasteiger partial charge in [0.2, 0.25) is 0 Å². The molecule has 6 heteroatoms. The van der Waals surface area contributed by atoms with Gasteiger partial charge in [-0.25, -0.2) is 4.39 Å². The van der Waals surface area contributed by atoms with Crippen LogP contribution in [0.5, 0.6) is 0 Å². The molecule has 0 saturated carbocycles. The van der Waals surface area contributed by atoms with Crippen molar-refractivity contribution in [1.82, 2.24) is 10.6 Å². The van der Waals surface area contributed by atoms with Crippen LogP contribution in [0.25, 0.3) is 10.1 Å². The summed E-state index contributed by atoms with van der Waals surface area (Å²) in [7, 11) is 0. The fourth-order valence-corrected chi connectivity index (χ4v) is 3.52. The second kappa shape index (κ2) is 7.20. The Kier molecular flexibility index (Phi) is 5.56. The summed E-state index contributed by atoms with van der Waals surface area (Å²) in [6.07, 6.45) is 2.20. The zero-order valence-electron chi connectivity index (χ0n) is 11.5. The topological polar surface area (TPSA) is 41.1 Å². The third-order valence-corrected chi connectivity index (χ3v) is 4.82. The van der Waals surface area contributed by atoms with Crippen LogP contribution in [0.2, 0.25) is 0 Å². The Labute approximate surface area is 133 Å². The highest BCUT2D eigenvalue weighted by molar-refractivity contribution is 7.20. The Bertz CT molecular complexity index is 625. The molecule has 1 saturated heterocycles. The van der Waals surface area contributed by atoms with Crippen LogP contribution >= 0.6 is 23.7 Å². The number of fused-ring (bicyclic) bond motifs is 1. The highest BCUT2D eigenvalue weighted by Gasteiger charge is 2.15. The van der Waals surface area contributed by atoms with Crippen LogP contribution in [0, 0.1) is 11.7 Å². The lowest BCUT2D eigenvalue weighted by Gasteiger charge is -2.08. The van der Waals surface area contributed by atoms with Gasteiger partial charge >= 0.3 is 0 Å². The van der Waals surface area contributed by atoms with E-state index in [1.54, 1.807) is 12.1 Å². The summed E-state index contributed by atoms with van der Waals surface area (Å²) in [6, 6.07) is 6.37. The maximum Gasteiger partial charge on any atom is 0.261 e. The lowest BCUT2D eigenvalue weighted by Crippen LogP contribution is -2.25. The number of thiophene rings is 1. The van der Waals surface area contributed by atoms with E-state index >= 15 is 0 Å². The van der Waals surface area contributed by atoms with Crippen LogP contribution in [0.3, 0.4) is 0 Å². The molecule has 0 bridgehead atoms. The molecule has 1 aliphatic rings. The molecule has 1 atom stereocenters. The van der Waals surface area contributed by atoms with Crippen LogP contribution in [0.4, 0.5) is 4.39 Å². The first-order valence-corrected chi connectivity index (χ1v) is 7.72. The van der Waals surface area contributed by atoms with Gasteiger partial charge in [0.15, 0.2) is 0 Å². The van der Waals surface area contributed by atoms with E-state index in [4.69, 9.17) is 0 Å². The standard InChI is InChI=1S/C15H17FN2OS.ClH/c16-12-1-2-13-11(7-12)8-14(20-13)15(19)18-6-4-10-3-5-17-9-10;/h1-2,7-8,10,17H,3-6,9H2,(H,18,19);1H. The van der Waals surface area contributed by atoms with Gasteiger partial charge in [-0.2, -0.15) is 0 Å². The number of hydrogen-bond acceptors (Lipinski definition) is 3. The lowest BCUT2D eigenvalue weighted by molar-refractivity contribution is 0.0956. The van der Waals surface area contributed by atoms with Gasteiger partial charge in [0.25, 0.3) is 5.91 Å². The molecule has 3 nitrogen and oxygen atoms in total. The molecule has 1 fully saturated rings. The van der Waals surface area contributed by atoms with E-state index in [0.29, 0.717) is 17.3 Å². The normalized spacial score (nSPS) is 17.7. The van der Waals surface area contributed by atoms with E-state index < -0.39 is 0 Å². The molecule has 3 rings (SSSR count). The molecule has 1 aromatic heterocycles. The second-order valence-electron chi connectivity index (χ2n) is 5.20. The highest BCUT2D eigenvalue weighted by Crippen LogP contribution is 2.26. The van der Waals surface area contributed by atoms with E-state index in [1.165, 1.54) is 29.9 Å². The quantitative estimate of drug-likeness (QED) is 0.905. The van der Waals surface area contributed by atoms with Crippen molar-refractivity contribution in [2.45, 2.75) is 12.8 Å². The number of benzene rings is 1. The Balaban J connectivity index is 0.00000161. The molecule has 0 radical (unpaired) electrons. The Morgan fingerprint density at radius 1 is 1.43 bits per heavy atom. The van der Waals surface area contributed by atoms with E-state index in [-0.39, 0.29) is 24.1 Å². The summed E-state index contributed by atoms with van der Waals surface area (Å²) in [5.74, 6) is 0.348. The van der Waals surface area contributed by atoms with Crippen molar-refractivity contribution >= 4 is 39.7 Å². The van der Waals surface area contributed by atoms with Crippen molar-refractivity contribution in [1.29, 1.82) is 0 Å². The molecular weight excluding hydrogens is 311 g/mol. The molecule has 2 heterocycles. The minimum absolute atomic E-state index is 0. The molecule has 1 unspecified atom stereocenters. The summed E-state index contributed by atoms with van der Waals surface area (Å²) >= 11 is 1.41. The number of carbonyl (C=O) groups is 1. The average molecular weight is 329 g/mol. The molecule has 114 valence electrons. The maximum absolute atomic E-state index is 13.1. The van der Waals surface area contributed by atoms with Gasteiger partial charge in [-0.05, 0) is 61.5 Å².